The van der Waals surface area contributed by atoms with Crippen LogP contribution in [0.25, 0.3) is 0 Å². The zero-order chi connectivity index (χ0) is 19.2. The van der Waals surface area contributed by atoms with Gasteiger partial charge in [-0.25, -0.2) is 0 Å². The minimum atomic E-state index is 0. The molecule has 1 saturated carbocycles. The lowest BCUT2D eigenvalue weighted by Gasteiger charge is -2.38. The van der Waals surface area contributed by atoms with E-state index in [1.165, 1.54) is 11.3 Å². The molecular weight excluding hydrogens is 489 g/mol. The van der Waals surface area contributed by atoms with Crippen molar-refractivity contribution in [1.82, 2.24) is 15.5 Å². The minimum Gasteiger partial charge on any atom is -0.368 e. The summed E-state index contributed by atoms with van der Waals surface area (Å²) in [4.78, 5) is 20.8. The molecule has 1 aromatic rings. The quantitative estimate of drug-likeness (QED) is 0.263. The van der Waals surface area contributed by atoms with Gasteiger partial charge in [0.15, 0.2) is 5.96 Å². The van der Waals surface area contributed by atoms with Crippen molar-refractivity contribution >= 4 is 53.1 Å². The van der Waals surface area contributed by atoms with Crippen molar-refractivity contribution in [2.45, 2.75) is 38.6 Å². The molecule has 1 saturated heterocycles. The van der Waals surface area contributed by atoms with Crippen LogP contribution in [0, 0.1) is 6.92 Å². The van der Waals surface area contributed by atoms with Crippen molar-refractivity contribution in [2.75, 3.05) is 44.7 Å². The number of anilines is 1. The fourth-order valence-electron chi connectivity index (χ4n) is 3.39. The van der Waals surface area contributed by atoms with Crippen LogP contribution in [0.1, 0.15) is 31.2 Å². The Morgan fingerprint density at radius 1 is 1.25 bits per heavy atom. The van der Waals surface area contributed by atoms with Crippen molar-refractivity contribution in [2.24, 2.45) is 4.99 Å². The number of hydrogen-bond donors (Lipinski definition) is 2. The molecule has 0 atom stereocenters. The summed E-state index contributed by atoms with van der Waals surface area (Å²) in [5.41, 5.74) is 2.46. The number of hydrogen-bond acceptors (Lipinski definition) is 3. The maximum Gasteiger partial charge on any atom is 0.220 e. The summed E-state index contributed by atoms with van der Waals surface area (Å²) in [5, 5.41) is 7.20. The third kappa shape index (κ3) is 6.69. The molecule has 0 aromatic heterocycles. The molecule has 156 valence electrons. The van der Waals surface area contributed by atoms with E-state index in [4.69, 9.17) is 11.6 Å². The van der Waals surface area contributed by atoms with Crippen molar-refractivity contribution < 1.29 is 4.79 Å². The normalized spacial score (nSPS) is 17.2. The minimum absolute atomic E-state index is 0. The Balaban J connectivity index is 0.00000280. The molecule has 2 fully saturated rings. The average molecular weight is 520 g/mol. The van der Waals surface area contributed by atoms with Crippen LogP contribution in [0.5, 0.6) is 0 Å². The highest BCUT2D eigenvalue weighted by atomic mass is 127. The van der Waals surface area contributed by atoms with E-state index in [-0.39, 0.29) is 29.9 Å². The van der Waals surface area contributed by atoms with Gasteiger partial charge in [0.25, 0.3) is 0 Å². The summed E-state index contributed by atoms with van der Waals surface area (Å²) < 4.78 is 0. The van der Waals surface area contributed by atoms with E-state index in [0.29, 0.717) is 12.5 Å². The fraction of sp³-hybridized carbons (Fsp3) is 0.600. The molecule has 2 N–H and O–H groups in total. The molecule has 8 heteroatoms. The van der Waals surface area contributed by atoms with Crippen LogP contribution in [-0.2, 0) is 4.79 Å². The van der Waals surface area contributed by atoms with Crippen molar-refractivity contribution in [3.05, 3.63) is 28.8 Å². The predicted molar refractivity (Wildman–Crippen MR) is 127 cm³/mol. The van der Waals surface area contributed by atoms with Gasteiger partial charge in [0.05, 0.1) is 0 Å². The van der Waals surface area contributed by atoms with Gasteiger partial charge >= 0.3 is 0 Å². The number of nitrogens with one attached hydrogen (secondary N) is 2. The number of rotatable bonds is 6. The van der Waals surface area contributed by atoms with Gasteiger partial charge in [-0.2, -0.15) is 0 Å². The third-order valence-electron chi connectivity index (χ3n) is 5.11. The van der Waals surface area contributed by atoms with Gasteiger partial charge in [-0.15, -0.1) is 24.0 Å². The first-order chi connectivity index (χ1) is 13.1. The van der Waals surface area contributed by atoms with E-state index >= 15 is 0 Å². The van der Waals surface area contributed by atoms with E-state index < -0.39 is 0 Å². The van der Waals surface area contributed by atoms with Crippen LogP contribution in [0.4, 0.5) is 5.69 Å². The zero-order valence-corrected chi connectivity index (χ0v) is 19.8. The number of benzene rings is 1. The molecule has 0 spiro atoms. The lowest BCUT2D eigenvalue weighted by atomic mass is 10.1. The van der Waals surface area contributed by atoms with Crippen LogP contribution in [0.3, 0.4) is 0 Å². The molecule has 1 aliphatic carbocycles. The predicted octanol–water partition coefficient (Wildman–Crippen LogP) is 3.02. The summed E-state index contributed by atoms with van der Waals surface area (Å²) in [6, 6.07) is 6.50. The van der Waals surface area contributed by atoms with E-state index in [1.54, 1.807) is 0 Å². The number of nitrogens with zero attached hydrogens (tertiary/aromatic N) is 3. The molecule has 0 radical (unpaired) electrons. The zero-order valence-electron chi connectivity index (χ0n) is 16.7. The van der Waals surface area contributed by atoms with Gasteiger partial charge in [-0.3, -0.25) is 9.79 Å². The maximum absolute atomic E-state index is 11.7. The van der Waals surface area contributed by atoms with Gasteiger partial charge in [-0.05, 0) is 43.9 Å². The average Bonchev–Trinajstić information content (AvgIpc) is 3.48. The van der Waals surface area contributed by atoms with E-state index in [9.17, 15) is 4.79 Å². The van der Waals surface area contributed by atoms with Gasteiger partial charge in [0, 0.05) is 62.9 Å². The smallest absolute Gasteiger partial charge is 0.220 e. The SMILES string of the molecule is CN=C(NCCCC(=O)NC1CC1)N1CCN(c2cc(Cl)ccc2C)CC1.I. The molecule has 0 unspecified atom stereocenters. The second kappa shape index (κ2) is 11.1. The van der Waals surface area contributed by atoms with Gasteiger partial charge < -0.3 is 20.4 Å². The number of aliphatic imine (C=N–C) groups is 1. The van der Waals surface area contributed by atoms with E-state index in [2.05, 4.69) is 38.4 Å². The van der Waals surface area contributed by atoms with Crippen LogP contribution >= 0.6 is 35.6 Å². The summed E-state index contributed by atoms with van der Waals surface area (Å²) >= 11 is 6.17. The second-order valence-corrected chi connectivity index (χ2v) is 7.76. The molecule has 1 aromatic carbocycles. The van der Waals surface area contributed by atoms with Crippen LogP contribution in [0.2, 0.25) is 5.02 Å². The number of carbonyl (C=O) groups is 1. The van der Waals surface area contributed by atoms with E-state index in [1.807, 2.05) is 19.2 Å². The van der Waals surface area contributed by atoms with Gasteiger partial charge in [0.2, 0.25) is 5.91 Å². The molecular formula is C20H31ClIN5O. The number of amides is 1. The van der Waals surface area contributed by atoms with Crippen LogP contribution < -0.4 is 15.5 Å². The third-order valence-corrected chi connectivity index (χ3v) is 5.34. The van der Waals surface area contributed by atoms with Crippen molar-refractivity contribution in [3.63, 3.8) is 0 Å². The highest BCUT2D eigenvalue weighted by Gasteiger charge is 2.23. The lowest BCUT2D eigenvalue weighted by molar-refractivity contribution is -0.121. The Labute approximate surface area is 190 Å². The maximum atomic E-state index is 11.7. The summed E-state index contributed by atoms with van der Waals surface area (Å²) in [7, 11) is 1.82. The monoisotopic (exact) mass is 519 g/mol. The largest absolute Gasteiger partial charge is 0.368 e. The topological polar surface area (TPSA) is 60.0 Å². The second-order valence-electron chi connectivity index (χ2n) is 7.32. The molecule has 1 amide bonds. The Kier molecular flexibility index (Phi) is 9.14. The number of guanidine groups is 1. The molecule has 28 heavy (non-hydrogen) atoms. The van der Waals surface area contributed by atoms with E-state index in [0.717, 1.165) is 63.0 Å². The molecule has 6 nitrogen and oxygen atoms in total. The molecule has 2 aliphatic rings. The first-order valence-electron chi connectivity index (χ1n) is 9.83. The number of halogens is 2. The van der Waals surface area contributed by atoms with Gasteiger partial charge in [0.1, 0.15) is 0 Å². The fourth-order valence-corrected chi connectivity index (χ4v) is 3.56. The Morgan fingerprint density at radius 3 is 2.61 bits per heavy atom. The first-order valence-corrected chi connectivity index (χ1v) is 10.2. The molecule has 3 rings (SSSR count). The standard InChI is InChI=1S/C20H30ClN5O.HI/c1-15-5-6-16(21)14-18(15)25-10-12-26(13-11-25)20(22-2)23-9-3-4-19(27)24-17-7-8-17;/h5-6,14,17H,3-4,7-13H2,1-2H3,(H,22,23)(H,24,27);1H. The lowest BCUT2D eigenvalue weighted by Crippen LogP contribution is -2.52. The van der Waals surface area contributed by atoms with Crippen molar-refractivity contribution in [1.29, 1.82) is 0 Å². The van der Waals surface area contributed by atoms with Crippen LogP contribution in [-0.4, -0.2) is 62.6 Å². The molecule has 0 bridgehead atoms. The first kappa shape index (κ1) is 23.1. The summed E-state index contributed by atoms with van der Waals surface area (Å²) in [6.45, 7) is 6.58. The van der Waals surface area contributed by atoms with Gasteiger partial charge in [-0.1, -0.05) is 17.7 Å². The number of carbonyl (C=O) groups excluding carboxylic acids is 1. The van der Waals surface area contributed by atoms with Crippen LogP contribution in [0.15, 0.2) is 23.2 Å². The molecule has 1 heterocycles. The number of aryl methyl sites for hydroxylation is 1. The summed E-state index contributed by atoms with van der Waals surface area (Å²) in [5.74, 6) is 1.08. The number of piperazine rings is 1. The highest BCUT2D eigenvalue weighted by Crippen LogP contribution is 2.25. The Hall–Kier alpha value is -1.22. The van der Waals surface area contributed by atoms with Crippen molar-refractivity contribution in [3.8, 4) is 0 Å². The summed E-state index contributed by atoms with van der Waals surface area (Å²) in [6.07, 6.45) is 3.66. The highest BCUT2D eigenvalue weighted by molar-refractivity contribution is 14.0. The Bertz CT molecular complexity index is 687. The molecule has 1 aliphatic heterocycles. The Morgan fingerprint density at radius 2 is 1.96 bits per heavy atom.